The van der Waals surface area contributed by atoms with Crippen LogP contribution in [0.15, 0.2) is 75.2 Å². The summed E-state index contributed by atoms with van der Waals surface area (Å²) < 4.78 is 13.4. The van der Waals surface area contributed by atoms with Crippen LogP contribution in [-0.4, -0.2) is 12.5 Å². The maximum atomic E-state index is 12.6. The predicted octanol–water partition coefficient (Wildman–Crippen LogP) is 7.39. The highest BCUT2D eigenvalue weighted by molar-refractivity contribution is 9.10. The summed E-state index contributed by atoms with van der Waals surface area (Å²) in [6.45, 7) is 2.66. The van der Waals surface area contributed by atoms with E-state index in [9.17, 15) is 10.1 Å². The molecule has 0 unspecified atom stereocenters. The van der Waals surface area contributed by atoms with E-state index in [2.05, 4.69) is 37.2 Å². The van der Waals surface area contributed by atoms with Gasteiger partial charge in [-0.25, -0.2) is 0 Å². The van der Waals surface area contributed by atoms with Crippen molar-refractivity contribution in [2.24, 2.45) is 0 Å². The minimum absolute atomic E-state index is 0.0819. The van der Waals surface area contributed by atoms with Crippen LogP contribution >= 0.6 is 43.5 Å². The molecule has 3 aromatic carbocycles. The highest BCUT2D eigenvalue weighted by Gasteiger charge is 2.15. The van der Waals surface area contributed by atoms with Crippen molar-refractivity contribution in [1.29, 1.82) is 5.26 Å². The zero-order chi connectivity index (χ0) is 23.8. The smallest absolute Gasteiger partial charge is 0.266 e. The molecule has 0 aliphatic rings. The number of hydrogen-bond donors (Lipinski definition) is 1. The van der Waals surface area contributed by atoms with Crippen molar-refractivity contribution in [3.63, 3.8) is 0 Å². The fraction of sp³-hybridized carbons (Fsp3) is 0.120. The van der Waals surface area contributed by atoms with E-state index >= 15 is 0 Å². The number of carbonyl (C=O) groups is 1. The first-order valence-electron chi connectivity index (χ1n) is 9.92. The molecule has 0 atom stereocenters. The summed E-state index contributed by atoms with van der Waals surface area (Å²) >= 11 is 13.0. The molecule has 8 heteroatoms. The third-order valence-corrected chi connectivity index (χ3v) is 6.00. The average Bonchev–Trinajstić information content (AvgIpc) is 2.80. The molecule has 0 saturated carbocycles. The zero-order valence-electron chi connectivity index (χ0n) is 17.6. The van der Waals surface area contributed by atoms with Gasteiger partial charge in [-0.05, 0) is 60.5 Å². The summed E-state index contributed by atoms with van der Waals surface area (Å²) in [4.78, 5) is 12.6. The second-order valence-corrected chi connectivity index (χ2v) is 8.95. The molecule has 0 aliphatic heterocycles. The van der Waals surface area contributed by atoms with Gasteiger partial charge in [0.2, 0.25) is 0 Å². The highest BCUT2D eigenvalue weighted by Crippen LogP contribution is 2.35. The van der Waals surface area contributed by atoms with Crippen molar-refractivity contribution in [3.8, 4) is 17.6 Å². The molecule has 0 radical (unpaired) electrons. The molecular weight excluding hydrogens is 572 g/mol. The number of nitriles is 1. The molecule has 3 rings (SSSR count). The number of amides is 1. The molecule has 0 saturated heterocycles. The highest BCUT2D eigenvalue weighted by atomic mass is 79.9. The molecule has 3 aromatic rings. The van der Waals surface area contributed by atoms with Crippen LogP contribution in [0.4, 0.5) is 5.69 Å². The molecule has 0 fully saturated rings. The van der Waals surface area contributed by atoms with Crippen molar-refractivity contribution >= 4 is 61.1 Å². The molecule has 1 amide bonds. The molecule has 0 aliphatic carbocycles. The van der Waals surface area contributed by atoms with Crippen LogP contribution in [0, 0.1) is 11.3 Å². The van der Waals surface area contributed by atoms with Crippen molar-refractivity contribution in [2.45, 2.75) is 13.5 Å². The Balaban J connectivity index is 1.85. The molecule has 0 heterocycles. The standard InChI is InChI=1S/C25H19Br2ClN2O3/c1-2-32-23-12-17(11-18(14-29)25(31)30-22-6-4-3-5-21(22)28)20(27)13-24(23)33-15-16-7-9-19(26)10-8-16/h3-13H,2,15H2,1H3,(H,30,31)/b18-11+. The Morgan fingerprint density at radius 2 is 1.79 bits per heavy atom. The first kappa shape index (κ1) is 24.8. The van der Waals surface area contributed by atoms with Crippen LogP contribution < -0.4 is 14.8 Å². The molecule has 0 bridgehead atoms. The van der Waals surface area contributed by atoms with Gasteiger partial charge in [-0.15, -0.1) is 0 Å². The van der Waals surface area contributed by atoms with E-state index in [0.717, 1.165) is 10.0 Å². The summed E-state index contributed by atoms with van der Waals surface area (Å²) in [5.74, 6) is 0.488. The van der Waals surface area contributed by atoms with Crippen molar-refractivity contribution in [3.05, 3.63) is 91.3 Å². The van der Waals surface area contributed by atoms with Crippen LogP contribution in [-0.2, 0) is 11.4 Å². The van der Waals surface area contributed by atoms with Gasteiger partial charge < -0.3 is 14.8 Å². The largest absolute Gasteiger partial charge is 0.490 e. The van der Waals surface area contributed by atoms with Gasteiger partial charge in [0.15, 0.2) is 11.5 Å². The monoisotopic (exact) mass is 588 g/mol. The van der Waals surface area contributed by atoms with Crippen LogP contribution in [0.25, 0.3) is 6.08 Å². The number of halogens is 3. The van der Waals surface area contributed by atoms with Gasteiger partial charge in [-0.3, -0.25) is 4.79 Å². The lowest BCUT2D eigenvalue weighted by Crippen LogP contribution is -2.13. The second kappa shape index (κ2) is 11.9. The van der Waals surface area contributed by atoms with Gasteiger partial charge in [-0.2, -0.15) is 5.26 Å². The van der Waals surface area contributed by atoms with E-state index in [4.69, 9.17) is 21.1 Å². The predicted molar refractivity (Wildman–Crippen MR) is 137 cm³/mol. The normalized spacial score (nSPS) is 10.9. The summed E-state index contributed by atoms with van der Waals surface area (Å²) in [6.07, 6.45) is 1.48. The van der Waals surface area contributed by atoms with Gasteiger partial charge in [0, 0.05) is 8.95 Å². The summed E-state index contributed by atoms with van der Waals surface area (Å²) in [7, 11) is 0. The van der Waals surface area contributed by atoms with Gasteiger partial charge in [0.05, 0.1) is 17.3 Å². The number of benzene rings is 3. The minimum atomic E-state index is -0.564. The molecule has 0 spiro atoms. The molecule has 33 heavy (non-hydrogen) atoms. The lowest BCUT2D eigenvalue weighted by atomic mass is 10.1. The summed E-state index contributed by atoms with van der Waals surface area (Å²) in [5.41, 5.74) is 1.95. The Bertz CT molecular complexity index is 1220. The average molecular weight is 591 g/mol. The Kier molecular flexibility index (Phi) is 8.95. The Hall–Kier alpha value is -2.79. The van der Waals surface area contributed by atoms with E-state index in [1.807, 2.05) is 37.3 Å². The fourth-order valence-corrected chi connectivity index (χ4v) is 3.72. The van der Waals surface area contributed by atoms with Crippen LogP contribution in [0.1, 0.15) is 18.1 Å². The van der Waals surface area contributed by atoms with E-state index in [1.165, 1.54) is 6.08 Å². The van der Waals surface area contributed by atoms with Crippen molar-refractivity contribution in [1.82, 2.24) is 0 Å². The quantitative estimate of drug-likeness (QED) is 0.219. The molecule has 168 valence electrons. The van der Waals surface area contributed by atoms with Gasteiger partial charge in [0.25, 0.3) is 5.91 Å². The number of nitrogens with zero attached hydrogens (tertiary/aromatic N) is 1. The molecular formula is C25H19Br2ClN2O3. The number of ether oxygens (including phenoxy) is 2. The first-order chi connectivity index (χ1) is 15.9. The maximum absolute atomic E-state index is 12.6. The third-order valence-electron chi connectivity index (χ3n) is 4.46. The number of rotatable bonds is 8. The van der Waals surface area contributed by atoms with Gasteiger partial charge in [-0.1, -0.05) is 67.7 Å². The number of hydrogen-bond acceptors (Lipinski definition) is 4. The number of nitrogens with one attached hydrogen (secondary N) is 1. The van der Waals surface area contributed by atoms with E-state index in [1.54, 1.807) is 36.4 Å². The molecule has 0 aromatic heterocycles. The third kappa shape index (κ3) is 6.84. The van der Waals surface area contributed by atoms with Crippen molar-refractivity contribution < 1.29 is 14.3 Å². The fourth-order valence-electron chi connectivity index (χ4n) is 2.84. The van der Waals surface area contributed by atoms with E-state index < -0.39 is 5.91 Å². The SMILES string of the molecule is CCOc1cc(/C=C(\C#N)C(=O)Nc2ccccc2Cl)c(Br)cc1OCc1ccc(Br)cc1. The van der Waals surface area contributed by atoms with Gasteiger partial charge in [0.1, 0.15) is 18.2 Å². The Morgan fingerprint density at radius 1 is 1.09 bits per heavy atom. The van der Waals surface area contributed by atoms with Gasteiger partial charge >= 0.3 is 0 Å². The van der Waals surface area contributed by atoms with E-state index in [-0.39, 0.29) is 5.57 Å². The number of para-hydroxylation sites is 1. The van der Waals surface area contributed by atoms with Crippen molar-refractivity contribution in [2.75, 3.05) is 11.9 Å². The Labute approximate surface area is 214 Å². The topological polar surface area (TPSA) is 71.3 Å². The molecule has 5 nitrogen and oxygen atoms in total. The maximum Gasteiger partial charge on any atom is 0.266 e. The van der Waals surface area contributed by atoms with Crippen LogP contribution in [0.3, 0.4) is 0 Å². The number of anilines is 1. The lowest BCUT2D eigenvalue weighted by molar-refractivity contribution is -0.112. The summed E-state index contributed by atoms with van der Waals surface area (Å²) in [6, 6.07) is 20.1. The van der Waals surface area contributed by atoms with Crippen LogP contribution in [0.2, 0.25) is 5.02 Å². The zero-order valence-corrected chi connectivity index (χ0v) is 21.5. The second-order valence-electron chi connectivity index (χ2n) is 6.77. The summed E-state index contributed by atoms with van der Waals surface area (Å²) in [5, 5.41) is 12.6. The van der Waals surface area contributed by atoms with Crippen LogP contribution in [0.5, 0.6) is 11.5 Å². The minimum Gasteiger partial charge on any atom is -0.490 e. The Morgan fingerprint density at radius 3 is 2.45 bits per heavy atom. The van der Waals surface area contributed by atoms with E-state index in [0.29, 0.717) is 45.5 Å². The first-order valence-corrected chi connectivity index (χ1v) is 11.9. The molecule has 1 N–H and O–H groups in total. The lowest BCUT2D eigenvalue weighted by Gasteiger charge is -2.14. The number of carbonyl (C=O) groups excluding carboxylic acids is 1.